The molecule has 5 heteroatoms. The summed E-state index contributed by atoms with van der Waals surface area (Å²) < 4.78 is 4.58. The first-order valence-corrected chi connectivity index (χ1v) is 2.58. The van der Waals surface area contributed by atoms with E-state index in [1.807, 2.05) is 12.1 Å². The van der Waals surface area contributed by atoms with Crippen molar-refractivity contribution in [2.24, 2.45) is 0 Å². The number of aliphatic carboxylic acids is 2. The molecule has 0 aliphatic rings. The summed E-state index contributed by atoms with van der Waals surface area (Å²) in [7, 11) is 0. The Hall–Kier alpha value is -1.78. The van der Waals surface area contributed by atoms with Gasteiger partial charge in [-0.1, -0.05) is 0 Å². The third-order valence-corrected chi connectivity index (χ3v) is 0.608. The van der Waals surface area contributed by atoms with Crippen LogP contribution in [-0.4, -0.2) is 22.2 Å². The normalized spacial score (nSPS) is 7.64. The number of carbonyl (C=O) groups is 2. The van der Waals surface area contributed by atoms with Crippen LogP contribution in [0.15, 0.2) is 29.1 Å². The Kier molecular flexibility index (Phi) is 4.22. The highest BCUT2D eigenvalue weighted by Crippen LogP contribution is 1.79. The maximum absolute atomic E-state index is 9.10. The van der Waals surface area contributed by atoms with Crippen molar-refractivity contribution in [3.63, 3.8) is 0 Å². The predicted molar refractivity (Wildman–Crippen MR) is 34.0 cm³/mol. The summed E-state index contributed by atoms with van der Waals surface area (Å²) in [6.45, 7) is 0. The van der Waals surface area contributed by atoms with E-state index in [0.29, 0.717) is 0 Å². The van der Waals surface area contributed by atoms with Crippen molar-refractivity contribution in [1.29, 1.82) is 0 Å². The van der Waals surface area contributed by atoms with Gasteiger partial charge in [-0.15, -0.1) is 0 Å². The Bertz CT molecular complexity index is 184. The molecule has 0 atom stereocenters. The minimum Gasteiger partial charge on any atom is -0.473 e. The van der Waals surface area contributed by atoms with Gasteiger partial charge < -0.3 is 14.6 Å². The summed E-state index contributed by atoms with van der Waals surface area (Å²) in [5.41, 5.74) is 0. The number of carboxylic acid groups (broad SMARTS) is 2. The summed E-state index contributed by atoms with van der Waals surface area (Å²) in [6.07, 6.45) is 3.25. The monoisotopic (exact) mass is 158 g/mol. The lowest BCUT2D eigenvalue weighted by molar-refractivity contribution is -0.159. The van der Waals surface area contributed by atoms with Gasteiger partial charge in [-0.2, -0.15) is 0 Å². The molecule has 0 fully saturated rings. The van der Waals surface area contributed by atoms with Crippen molar-refractivity contribution in [1.82, 2.24) is 0 Å². The Morgan fingerprint density at radius 1 is 1.00 bits per heavy atom. The van der Waals surface area contributed by atoms with Gasteiger partial charge in [0.25, 0.3) is 0 Å². The molecule has 0 radical (unpaired) electrons. The smallest absolute Gasteiger partial charge is 0.414 e. The average molecular weight is 158 g/mol. The lowest BCUT2D eigenvalue weighted by Gasteiger charge is -1.72. The molecule has 5 nitrogen and oxygen atoms in total. The Labute approximate surface area is 61.9 Å². The average Bonchev–Trinajstić information content (AvgIpc) is 2.41. The molecule has 1 aromatic heterocycles. The molecule has 1 rings (SSSR count). The molecular weight excluding hydrogens is 152 g/mol. The van der Waals surface area contributed by atoms with E-state index in [0.717, 1.165) is 0 Å². The minimum absolute atomic E-state index is 1.62. The SMILES string of the molecule is O=C(O)C(=O)O.c1ccoc1. The van der Waals surface area contributed by atoms with E-state index in [1.54, 1.807) is 12.5 Å². The first-order chi connectivity index (χ1) is 5.14. The fourth-order valence-corrected chi connectivity index (χ4v) is 0.227. The van der Waals surface area contributed by atoms with Crippen molar-refractivity contribution in [3.8, 4) is 0 Å². The Morgan fingerprint density at radius 2 is 1.36 bits per heavy atom. The fourth-order valence-electron chi connectivity index (χ4n) is 0.227. The standard InChI is InChI=1S/C4H4O.C2H2O4/c1-2-4-5-3-1;3-1(4)2(5)6/h1-4H;(H,3,4)(H,5,6). The number of hydrogen-bond donors (Lipinski definition) is 2. The molecule has 11 heavy (non-hydrogen) atoms. The number of rotatable bonds is 0. The quantitative estimate of drug-likeness (QED) is 0.534. The van der Waals surface area contributed by atoms with Crippen LogP contribution in [0.25, 0.3) is 0 Å². The van der Waals surface area contributed by atoms with E-state index in [4.69, 9.17) is 19.8 Å². The molecule has 0 aliphatic carbocycles. The first kappa shape index (κ1) is 9.22. The summed E-state index contributed by atoms with van der Waals surface area (Å²) in [6, 6.07) is 3.67. The lowest BCUT2D eigenvalue weighted by Crippen LogP contribution is -2.09. The topological polar surface area (TPSA) is 87.7 Å². The second kappa shape index (κ2) is 5.04. The molecule has 0 bridgehead atoms. The van der Waals surface area contributed by atoms with Crippen LogP contribution < -0.4 is 0 Å². The first-order valence-electron chi connectivity index (χ1n) is 2.58. The maximum atomic E-state index is 9.10. The highest BCUT2D eigenvalue weighted by molar-refractivity contribution is 6.27. The van der Waals surface area contributed by atoms with Crippen molar-refractivity contribution in [2.45, 2.75) is 0 Å². The van der Waals surface area contributed by atoms with E-state index in [9.17, 15) is 0 Å². The van der Waals surface area contributed by atoms with Gasteiger partial charge in [0, 0.05) is 0 Å². The van der Waals surface area contributed by atoms with E-state index in [1.165, 1.54) is 0 Å². The van der Waals surface area contributed by atoms with E-state index < -0.39 is 11.9 Å². The van der Waals surface area contributed by atoms with E-state index >= 15 is 0 Å². The molecule has 1 aromatic rings. The lowest BCUT2D eigenvalue weighted by atomic mass is 10.7. The molecule has 60 valence electrons. The van der Waals surface area contributed by atoms with Gasteiger partial charge in [-0.3, -0.25) is 0 Å². The van der Waals surface area contributed by atoms with E-state index in [2.05, 4.69) is 4.42 Å². The van der Waals surface area contributed by atoms with E-state index in [-0.39, 0.29) is 0 Å². The summed E-state index contributed by atoms with van der Waals surface area (Å²) in [5, 5.41) is 14.8. The van der Waals surface area contributed by atoms with Gasteiger partial charge in [0.1, 0.15) is 0 Å². The maximum Gasteiger partial charge on any atom is 0.414 e. The van der Waals surface area contributed by atoms with Crippen molar-refractivity contribution in [3.05, 3.63) is 24.7 Å². The molecule has 2 N–H and O–H groups in total. The minimum atomic E-state index is -1.82. The second-order valence-electron chi connectivity index (χ2n) is 1.40. The fraction of sp³-hybridized carbons (Fsp3) is 0. The highest BCUT2D eigenvalue weighted by atomic mass is 16.4. The van der Waals surface area contributed by atoms with Crippen LogP contribution in [0.4, 0.5) is 0 Å². The van der Waals surface area contributed by atoms with Crippen molar-refractivity contribution in [2.75, 3.05) is 0 Å². The highest BCUT2D eigenvalue weighted by Gasteiger charge is 2.04. The molecular formula is C6H6O5. The van der Waals surface area contributed by atoms with Crippen LogP contribution in [0.2, 0.25) is 0 Å². The Morgan fingerprint density at radius 3 is 1.45 bits per heavy atom. The van der Waals surface area contributed by atoms with Gasteiger partial charge in [-0.25, -0.2) is 9.59 Å². The van der Waals surface area contributed by atoms with Gasteiger partial charge in [0.15, 0.2) is 0 Å². The second-order valence-corrected chi connectivity index (χ2v) is 1.40. The van der Waals surface area contributed by atoms with Crippen LogP contribution in [0, 0.1) is 0 Å². The van der Waals surface area contributed by atoms with Gasteiger partial charge in [0.05, 0.1) is 12.5 Å². The third kappa shape index (κ3) is 6.10. The molecule has 0 unspecified atom stereocenters. The molecule has 0 aromatic carbocycles. The van der Waals surface area contributed by atoms with Crippen molar-refractivity contribution >= 4 is 11.9 Å². The van der Waals surface area contributed by atoms with Crippen LogP contribution in [-0.2, 0) is 9.59 Å². The molecule has 0 saturated heterocycles. The molecule has 1 heterocycles. The largest absolute Gasteiger partial charge is 0.473 e. The molecule has 0 amide bonds. The van der Waals surface area contributed by atoms with Gasteiger partial charge in [0.2, 0.25) is 0 Å². The van der Waals surface area contributed by atoms with Crippen molar-refractivity contribution < 1.29 is 24.2 Å². The van der Waals surface area contributed by atoms with Crippen LogP contribution in [0.5, 0.6) is 0 Å². The summed E-state index contributed by atoms with van der Waals surface area (Å²) in [4.78, 5) is 18.2. The summed E-state index contributed by atoms with van der Waals surface area (Å²) >= 11 is 0. The van der Waals surface area contributed by atoms with Crippen LogP contribution in [0.3, 0.4) is 0 Å². The molecule has 0 spiro atoms. The predicted octanol–water partition coefficient (Wildman–Crippen LogP) is 0.435. The van der Waals surface area contributed by atoms with Crippen LogP contribution in [0.1, 0.15) is 0 Å². The van der Waals surface area contributed by atoms with Gasteiger partial charge in [-0.05, 0) is 12.1 Å². The zero-order valence-electron chi connectivity index (χ0n) is 5.43. The zero-order valence-corrected chi connectivity index (χ0v) is 5.43. The van der Waals surface area contributed by atoms with Gasteiger partial charge >= 0.3 is 11.9 Å². The third-order valence-electron chi connectivity index (χ3n) is 0.608. The summed E-state index contributed by atoms with van der Waals surface area (Å²) in [5.74, 6) is -3.65. The molecule has 0 aliphatic heterocycles. The number of hydrogen-bond acceptors (Lipinski definition) is 3. The number of carboxylic acids is 2. The number of furan rings is 1. The van der Waals surface area contributed by atoms with Crippen LogP contribution >= 0.6 is 0 Å². The molecule has 0 saturated carbocycles. The Balaban J connectivity index is 0.000000183. The zero-order chi connectivity index (χ0) is 8.69.